The molecule has 0 aliphatic carbocycles. The van der Waals surface area contributed by atoms with Crippen LogP contribution in [-0.2, 0) is 0 Å². The largest absolute Gasteiger partial charge is 0.396 e. The van der Waals surface area contributed by atoms with Crippen molar-refractivity contribution in [2.24, 2.45) is 5.11 Å². The lowest BCUT2D eigenvalue weighted by molar-refractivity contribution is 0.266. The number of aryl methyl sites for hydroxylation is 1. The average Bonchev–Trinajstić information content (AvgIpc) is 2.14. The van der Waals surface area contributed by atoms with Crippen LogP contribution in [0, 0.1) is 6.92 Å². The summed E-state index contributed by atoms with van der Waals surface area (Å²) in [6.07, 6.45) is 1.63. The van der Waals surface area contributed by atoms with Gasteiger partial charge in [0.2, 0.25) is 0 Å². The third-order valence-electron chi connectivity index (χ3n) is 1.64. The Kier molecular flexibility index (Phi) is 3.25. The number of aromatic nitrogens is 1. The first-order valence-electron chi connectivity index (χ1n) is 3.85. The third kappa shape index (κ3) is 2.43. The van der Waals surface area contributed by atoms with Crippen LogP contribution >= 0.6 is 0 Å². The highest BCUT2D eigenvalue weighted by molar-refractivity contribution is 5.17. The number of hydrogen-bond donors (Lipinski definition) is 1. The Balaban J connectivity index is 2.97. The quantitative estimate of drug-likeness (QED) is 0.434. The van der Waals surface area contributed by atoms with Gasteiger partial charge in [-0.1, -0.05) is 5.11 Å². The maximum absolute atomic E-state index is 8.90. The zero-order chi connectivity index (χ0) is 9.68. The maximum atomic E-state index is 8.90. The zero-order valence-corrected chi connectivity index (χ0v) is 7.25. The molecule has 5 heteroatoms. The summed E-state index contributed by atoms with van der Waals surface area (Å²) < 4.78 is 0. The van der Waals surface area contributed by atoms with Crippen LogP contribution in [0.25, 0.3) is 10.4 Å². The fraction of sp³-hybridized carbons (Fsp3) is 0.375. The van der Waals surface area contributed by atoms with Crippen molar-refractivity contribution in [1.29, 1.82) is 0 Å². The van der Waals surface area contributed by atoms with E-state index >= 15 is 0 Å². The van der Waals surface area contributed by atoms with Gasteiger partial charge in [-0.05, 0) is 30.2 Å². The highest BCUT2D eigenvalue weighted by Crippen LogP contribution is 2.14. The van der Waals surface area contributed by atoms with Crippen LogP contribution < -0.4 is 0 Å². The third-order valence-corrected chi connectivity index (χ3v) is 1.64. The van der Waals surface area contributed by atoms with Crippen molar-refractivity contribution in [3.8, 4) is 0 Å². The molecule has 0 saturated carbocycles. The molecule has 1 aromatic rings. The highest BCUT2D eigenvalue weighted by Gasteiger charge is 2.08. The van der Waals surface area contributed by atoms with Gasteiger partial charge in [-0.15, -0.1) is 0 Å². The van der Waals surface area contributed by atoms with E-state index in [1.54, 1.807) is 12.3 Å². The molecular formula is C8H10N4O. The van der Waals surface area contributed by atoms with Gasteiger partial charge in [-0.25, -0.2) is 0 Å². The molecule has 1 unspecified atom stereocenters. The lowest BCUT2D eigenvalue weighted by Gasteiger charge is -2.06. The van der Waals surface area contributed by atoms with Crippen molar-refractivity contribution in [2.75, 3.05) is 6.61 Å². The van der Waals surface area contributed by atoms with E-state index in [-0.39, 0.29) is 6.61 Å². The van der Waals surface area contributed by atoms with Gasteiger partial charge in [0, 0.05) is 11.1 Å². The summed E-state index contributed by atoms with van der Waals surface area (Å²) in [5.74, 6) is 0. The minimum Gasteiger partial charge on any atom is -0.396 e. The Morgan fingerprint density at radius 3 is 3.08 bits per heavy atom. The average molecular weight is 178 g/mol. The van der Waals surface area contributed by atoms with Gasteiger partial charge >= 0.3 is 0 Å². The Morgan fingerprint density at radius 2 is 2.54 bits per heavy atom. The Bertz CT molecular complexity index is 333. The number of rotatable bonds is 3. The van der Waals surface area contributed by atoms with Crippen molar-refractivity contribution >= 4 is 0 Å². The van der Waals surface area contributed by atoms with Crippen LogP contribution in [0.2, 0.25) is 0 Å². The molecule has 5 nitrogen and oxygen atoms in total. The Labute approximate surface area is 75.7 Å². The fourth-order valence-corrected chi connectivity index (χ4v) is 0.993. The predicted octanol–water partition coefficient (Wildman–Crippen LogP) is 1.73. The highest BCUT2D eigenvalue weighted by atomic mass is 16.3. The SMILES string of the molecule is Cc1ccnc(C(CO)N=[N+]=[N-])c1. The lowest BCUT2D eigenvalue weighted by atomic mass is 10.1. The lowest BCUT2D eigenvalue weighted by Crippen LogP contribution is -2.02. The number of aliphatic hydroxyl groups is 1. The summed E-state index contributed by atoms with van der Waals surface area (Å²) in [4.78, 5) is 6.64. The number of azide groups is 1. The van der Waals surface area contributed by atoms with Crippen LogP contribution in [0.5, 0.6) is 0 Å². The smallest absolute Gasteiger partial charge is 0.103 e. The molecule has 1 aromatic heterocycles. The molecule has 0 fully saturated rings. The zero-order valence-electron chi connectivity index (χ0n) is 7.25. The fourth-order valence-electron chi connectivity index (χ4n) is 0.993. The van der Waals surface area contributed by atoms with Crippen molar-refractivity contribution in [3.05, 3.63) is 40.0 Å². The van der Waals surface area contributed by atoms with E-state index in [0.29, 0.717) is 5.69 Å². The van der Waals surface area contributed by atoms with Crippen LogP contribution in [0.15, 0.2) is 23.4 Å². The summed E-state index contributed by atoms with van der Waals surface area (Å²) in [5.41, 5.74) is 9.84. The summed E-state index contributed by atoms with van der Waals surface area (Å²) in [7, 11) is 0. The minimum atomic E-state index is -0.579. The number of nitrogens with zero attached hydrogens (tertiary/aromatic N) is 4. The second-order valence-corrected chi connectivity index (χ2v) is 2.66. The van der Waals surface area contributed by atoms with Gasteiger partial charge in [0.1, 0.15) is 6.04 Å². The molecular weight excluding hydrogens is 168 g/mol. The molecule has 68 valence electrons. The van der Waals surface area contributed by atoms with Gasteiger partial charge < -0.3 is 5.11 Å². The summed E-state index contributed by atoms with van der Waals surface area (Å²) in [6.45, 7) is 1.69. The Morgan fingerprint density at radius 1 is 1.77 bits per heavy atom. The predicted molar refractivity (Wildman–Crippen MR) is 47.9 cm³/mol. The van der Waals surface area contributed by atoms with Crippen molar-refractivity contribution in [1.82, 2.24) is 4.98 Å². The number of hydrogen-bond acceptors (Lipinski definition) is 3. The molecule has 1 atom stereocenters. The molecule has 0 aliphatic rings. The number of aliphatic hydroxyl groups excluding tert-OH is 1. The maximum Gasteiger partial charge on any atom is 0.103 e. The molecule has 0 radical (unpaired) electrons. The standard InChI is InChI=1S/C8H10N4O/c1-6-2-3-10-7(4-6)8(5-13)11-12-9/h2-4,8,13H,5H2,1H3. The summed E-state index contributed by atoms with van der Waals surface area (Å²) >= 11 is 0. The van der Waals surface area contributed by atoms with E-state index < -0.39 is 6.04 Å². The van der Waals surface area contributed by atoms with Gasteiger partial charge in [-0.2, -0.15) is 0 Å². The van der Waals surface area contributed by atoms with E-state index in [1.807, 2.05) is 13.0 Å². The van der Waals surface area contributed by atoms with Crippen LogP contribution in [0.4, 0.5) is 0 Å². The molecule has 1 N–H and O–H groups in total. The van der Waals surface area contributed by atoms with Crippen LogP contribution in [-0.4, -0.2) is 16.7 Å². The molecule has 0 aliphatic heterocycles. The van der Waals surface area contributed by atoms with Crippen LogP contribution in [0.3, 0.4) is 0 Å². The second-order valence-electron chi connectivity index (χ2n) is 2.66. The molecule has 13 heavy (non-hydrogen) atoms. The minimum absolute atomic E-state index is 0.222. The molecule has 1 heterocycles. The van der Waals surface area contributed by atoms with E-state index in [4.69, 9.17) is 10.6 Å². The monoisotopic (exact) mass is 178 g/mol. The van der Waals surface area contributed by atoms with Crippen molar-refractivity contribution in [3.63, 3.8) is 0 Å². The molecule has 1 rings (SSSR count). The molecule has 0 saturated heterocycles. The van der Waals surface area contributed by atoms with Gasteiger partial charge in [-0.3, -0.25) is 4.98 Å². The van der Waals surface area contributed by atoms with E-state index in [0.717, 1.165) is 5.56 Å². The summed E-state index contributed by atoms with van der Waals surface area (Å²) in [6, 6.07) is 3.05. The number of pyridine rings is 1. The second kappa shape index (κ2) is 4.45. The van der Waals surface area contributed by atoms with Gasteiger partial charge in [0.25, 0.3) is 0 Å². The van der Waals surface area contributed by atoms with Gasteiger partial charge in [0.15, 0.2) is 0 Å². The van der Waals surface area contributed by atoms with E-state index in [9.17, 15) is 0 Å². The van der Waals surface area contributed by atoms with E-state index in [2.05, 4.69) is 15.0 Å². The first-order valence-corrected chi connectivity index (χ1v) is 3.85. The molecule has 0 aromatic carbocycles. The molecule has 0 bridgehead atoms. The van der Waals surface area contributed by atoms with Crippen LogP contribution in [0.1, 0.15) is 17.3 Å². The van der Waals surface area contributed by atoms with Crippen molar-refractivity contribution in [2.45, 2.75) is 13.0 Å². The first-order chi connectivity index (χ1) is 6.27. The molecule has 0 spiro atoms. The van der Waals surface area contributed by atoms with Gasteiger partial charge in [0.05, 0.1) is 12.3 Å². The Hall–Kier alpha value is -1.58. The summed E-state index contributed by atoms with van der Waals surface area (Å²) in [5, 5.41) is 12.3. The van der Waals surface area contributed by atoms with E-state index in [1.165, 1.54) is 0 Å². The first kappa shape index (κ1) is 9.51. The normalized spacial score (nSPS) is 11.8. The topological polar surface area (TPSA) is 81.9 Å². The molecule has 0 amide bonds. The van der Waals surface area contributed by atoms with Crippen molar-refractivity contribution < 1.29 is 5.11 Å².